The number of hydrogen-bond donors (Lipinski definition) is 4. The predicted octanol–water partition coefficient (Wildman–Crippen LogP) is 1.06. The second-order valence-corrected chi connectivity index (χ2v) is 6.75. The number of benzene rings is 1. The highest BCUT2D eigenvalue weighted by atomic mass is 16.4. The van der Waals surface area contributed by atoms with Gasteiger partial charge in [0.25, 0.3) is 0 Å². The van der Waals surface area contributed by atoms with Crippen LogP contribution in [0.25, 0.3) is 0 Å². The van der Waals surface area contributed by atoms with Crippen LogP contribution in [0.15, 0.2) is 24.3 Å². The fourth-order valence-corrected chi connectivity index (χ4v) is 2.96. The SMILES string of the molecule is CC(NC(=O)C1CCCC1)C(=O)Nc1ccc(CC(=O)NCC(=O)O)cc1. The summed E-state index contributed by atoms with van der Waals surface area (Å²) in [4.78, 5) is 46.3. The van der Waals surface area contributed by atoms with Crippen molar-refractivity contribution in [1.29, 1.82) is 0 Å². The first-order valence-corrected chi connectivity index (χ1v) is 9.04. The lowest BCUT2D eigenvalue weighted by Crippen LogP contribution is -2.43. The lowest BCUT2D eigenvalue weighted by Gasteiger charge is -2.17. The largest absolute Gasteiger partial charge is 0.480 e. The fourth-order valence-electron chi connectivity index (χ4n) is 2.96. The van der Waals surface area contributed by atoms with Gasteiger partial charge in [-0.15, -0.1) is 0 Å². The summed E-state index contributed by atoms with van der Waals surface area (Å²) < 4.78 is 0. The van der Waals surface area contributed by atoms with Gasteiger partial charge in [-0.3, -0.25) is 19.2 Å². The third-order valence-electron chi connectivity index (χ3n) is 4.50. The number of amides is 3. The Bertz CT molecular complexity index is 696. The van der Waals surface area contributed by atoms with Gasteiger partial charge in [0.1, 0.15) is 12.6 Å². The van der Waals surface area contributed by atoms with Crippen molar-refractivity contribution < 1.29 is 24.3 Å². The third-order valence-corrected chi connectivity index (χ3v) is 4.50. The maximum atomic E-state index is 12.2. The molecule has 1 saturated carbocycles. The van der Waals surface area contributed by atoms with Crippen LogP contribution in [0.3, 0.4) is 0 Å². The Labute approximate surface area is 157 Å². The minimum atomic E-state index is -1.10. The molecule has 1 aliphatic rings. The van der Waals surface area contributed by atoms with E-state index in [2.05, 4.69) is 16.0 Å². The number of anilines is 1. The van der Waals surface area contributed by atoms with Crippen molar-refractivity contribution in [2.24, 2.45) is 5.92 Å². The van der Waals surface area contributed by atoms with Gasteiger partial charge >= 0.3 is 5.97 Å². The van der Waals surface area contributed by atoms with Gasteiger partial charge in [-0.25, -0.2) is 0 Å². The standard InChI is InChI=1S/C19H25N3O5/c1-12(21-19(27)14-4-2-3-5-14)18(26)22-15-8-6-13(7-9-15)10-16(23)20-11-17(24)25/h6-9,12,14H,2-5,10-11H2,1H3,(H,20,23)(H,21,27)(H,22,26)(H,24,25). The van der Waals surface area contributed by atoms with E-state index in [0.29, 0.717) is 11.3 Å². The van der Waals surface area contributed by atoms with Gasteiger partial charge in [-0.1, -0.05) is 25.0 Å². The Morgan fingerprint density at radius 2 is 1.74 bits per heavy atom. The normalized spacial score (nSPS) is 15.0. The summed E-state index contributed by atoms with van der Waals surface area (Å²) in [5.41, 5.74) is 1.25. The predicted molar refractivity (Wildman–Crippen MR) is 99.0 cm³/mol. The average molecular weight is 375 g/mol. The third kappa shape index (κ3) is 6.73. The molecule has 1 fully saturated rings. The van der Waals surface area contributed by atoms with E-state index in [1.165, 1.54) is 0 Å². The molecular formula is C19H25N3O5. The Balaban J connectivity index is 1.80. The number of nitrogens with one attached hydrogen (secondary N) is 3. The molecule has 0 saturated heterocycles. The molecule has 1 unspecified atom stereocenters. The second-order valence-electron chi connectivity index (χ2n) is 6.75. The highest BCUT2D eigenvalue weighted by Gasteiger charge is 2.25. The number of carboxylic acid groups (broad SMARTS) is 1. The topological polar surface area (TPSA) is 125 Å². The minimum absolute atomic E-state index is 0.00630. The summed E-state index contributed by atoms with van der Waals surface area (Å²) in [6, 6.07) is 6.03. The molecule has 1 aliphatic carbocycles. The number of carbonyl (C=O) groups is 4. The van der Waals surface area contributed by atoms with Crippen LogP contribution in [0.2, 0.25) is 0 Å². The average Bonchev–Trinajstić information content (AvgIpc) is 3.16. The Morgan fingerprint density at radius 3 is 2.33 bits per heavy atom. The van der Waals surface area contributed by atoms with E-state index in [-0.39, 0.29) is 24.2 Å². The van der Waals surface area contributed by atoms with Gasteiger partial charge in [0.05, 0.1) is 6.42 Å². The molecule has 8 nitrogen and oxygen atoms in total. The summed E-state index contributed by atoms with van der Waals surface area (Å²) in [6.45, 7) is 1.22. The summed E-state index contributed by atoms with van der Waals surface area (Å²) in [5, 5.41) is 16.3. The van der Waals surface area contributed by atoms with Gasteiger partial charge in [0, 0.05) is 11.6 Å². The van der Waals surface area contributed by atoms with Gasteiger partial charge in [0.15, 0.2) is 0 Å². The molecule has 2 rings (SSSR count). The molecule has 1 atom stereocenters. The lowest BCUT2D eigenvalue weighted by atomic mass is 10.1. The van der Waals surface area contributed by atoms with E-state index >= 15 is 0 Å². The molecule has 0 heterocycles. The molecule has 3 amide bonds. The smallest absolute Gasteiger partial charge is 0.322 e. The first-order valence-electron chi connectivity index (χ1n) is 9.04. The summed E-state index contributed by atoms with van der Waals surface area (Å²) in [5.74, 6) is -1.87. The molecule has 0 spiro atoms. The maximum Gasteiger partial charge on any atom is 0.322 e. The van der Waals surface area contributed by atoms with Crippen LogP contribution in [0.5, 0.6) is 0 Å². The Hall–Kier alpha value is -2.90. The van der Waals surface area contributed by atoms with Crippen LogP contribution in [0.1, 0.15) is 38.2 Å². The number of rotatable bonds is 8. The van der Waals surface area contributed by atoms with Gasteiger partial charge in [-0.2, -0.15) is 0 Å². The highest BCUT2D eigenvalue weighted by molar-refractivity contribution is 5.97. The molecule has 1 aromatic carbocycles. The van der Waals surface area contributed by atoms with Crippen LogP contribution in [-0.2, 0) is 25.6 Å². The van der Waals surface area contributed by atoms with Crippen molar-refractivity contribution >= 4 is 29.4 Å². The summed E-state index contributed by atoms with van der Waals surface area (Å²) in [7, 11) is 0. The van der Waals surface area contributed by atoms with E-state index in [1.54, 1.807) is 31.2 Å². The van der Waals surface area contributed by atoms with Gasteiger partial charge < -0.3 is 21.1 Å². The zero-order valence-electron chi connectivity index (χ0n) is 15.3. The van der Waals surface area contributed by atoms with E-state index in [4.69, 9.17) is 5.11 Å². The monoisotopic (exact) mass is 375 g/mol. The zero-order valence-corrected chi connectivity index (χ0v) is 15.3. The van der Waals surface area contributed by atoms with Crippen molar-refractivity contribution in [2.45, 2.75) is 45.1 Å². The molecule has 27 heavy (non-hydrogen) atoms. The second kappa shape index (κ2) is 9.70. The van der Waals surface area contributed by atoms with Crippen molar-refractivity contribution in [3.05, 3.63) is 29.8 Å². The molecular weight excluding hydrogens is 350 g/mol. The van der Waals surface area contributed by atoms with Crippen molar-refractivity contribution in [3.63, 3.8) is 0 Å². The molecule has 4 N–H and O–H groups in total. The first-order chi connectivity index (χ1) is 12.8. The maximum absolute atomic E-state index is 12.2. The number of carboxylic acids is 1. The number of hydrogen-bond acceptors (Lipinski definition) is 4. The molecule has 1 aromatic rings. The number of aliphatic carboxylic acids is 1. The van der Waals surface area contributed by atoms with E-state index in [1.807, 2.05) is 0 Å². The highest BCUT2D eigenvalue weighted by Crippen LogP contribution is 2.24. The summed E-state index contributed by atoms with van der Waals surface area (Å²) in [6.07, 6.45) is 3.91. The fraction of sp³-hybridized carbons (Fsp3) is 0.474. The van der Waals surface area contributed by atoms with Crippen molar-refractivity contribution in [1.82, 2.24) is 10.6 Å². The van der Waals surface area contributed by atoms with Crippen LogP contribution in [0, 0.1) is 5.92 Å². The van der Waals surface area contributed by atoms with E-state index < -0.39 is 24.5 Å². The quantitative estimate of drug-likeness (QED) is 0.541. The van der Waals surface area contributed by atoms with Gasteiger partial charge in [0.2, 0.25) is 17.7 Å². The first kappa shape index (κ1) is 20.4. The van der Waals surface area contributed by atoms with Crippen LogP contribution in [0.4, 0.5) is 5.69 Å². The molecule has 0 aliphatic heterocycles. The molecule has 8 heteroatoms. The van der Waals surface area contributed by atoms with E-state index in [9.17, 15) is 19.2 Å². The number of carbonyl (C=O) groups excluding carboxylic acids is 3. The molecule has 0 bridgehead atoms. The molecule has 0 radical (unpaired) electrons. The van der Waals surface area contributed by atoms with Crippen LogP contribution >= 0.6 is 0 Å². The van der Waals surface area contributed by atoms with Crippen molar-refractivity contribution in [2.75, 3.05) is 11.9 Å². The lowest BCUT2D eigenvalue weighted by molar-refractivity contribution is -0.137. The Morgan fingerprint density at radius 1 is 1.11 bits per heavy atom. The van der Waals surface area contributed by atoms with Crippen LogP contribution in [-0.4, -0.2) is 41.4 Å². The van der Waals surface area contributed by atoms with E-state index in [0.717, 1.165) is 25.7 Å². The molecule has 0 aromatic heterocycles. The minimum Gasteiger partial charge on any atom is -0.480 e. The zero-order chi connectivity index (χ0) is 19.8. The van der Waals surface area contributed by atoms with Crippen LogP contribution < -0.4 is 16.0 Å². The molecule has 146 valence electrons. The summed E-state index contributed by atoms with van der Waals surface area (Å²) >= 11 is 0. The van der Waals surface area contributed by atoms with Gasteiger partial charge in [-0.05, 0) is 37.5 Å². The van der Waals surface area contributed by atoms with Crippen molar-refractivity contribution in [3.8, 4) is 0 Å². The Kier molecular flexibility index (Phi) is 7.34.